The lowest BCUT2D eigenvalue weighted by molar-refractivity contribution is -0.144. The molecule has 1 atom stereocenters. The van der Waals surface area contributed by atoms with Crippen LogP contribution < -0.4 is 5.73 Å². The highest BCUT2D eigenvalue weighted by Crippen LogP contribution is 1.99. The summed E-state index contributed by atoms with van der Waals surface area (Å²) in [4.78, 5) is 10.9. The van der Waals surface area contributed by atoms with Gasteiger partial charge >= 0.3 is 5.97 Å². The van der Waals surface area contributed by atoms with Crippen molar-refractivity contribution in [3.63, 3.8) is 0 Å². The number of esters is 1. The van der Waals surface area contributed by atoms with Gasteiger partial charge < -0.3 is 10.5 Å². The van der Waals surface area contributed by atoms with Crippen LogP contribution in [0.2, 0.25) is 0 Å². The maximum atomic E-state index is 10.9. The van der Waals surface area contributed by atoms with Gasteiger partial charge in [0.05, 0.1) is 0 Å². The second kappa shape index (κ2) is 6.96. The number of terminal acetylenes is 1. The Morgan fingerprint density at radius 3 is 2.50 bits per heavy atom. The third kappa shape index (κ3) is 5.00. The first-order valence-corrected chi connectivity index (χ1v) is 3.45. The van der Waals surface area contributed by atoms with Crippen molar-refractivity contribution in [1.82, 2.24) is 0 Å². The summed E-state index contributed by atoms with van der Waals surface area (Å²) in [5.41, 5.74) is 5.46. The highest BCUT2D eigenvalue weighted by molar-refractivity contribution is 5.85. The zero-order chi connectivity index (χ0) is 8.85. The third-order valence-corrected chi connectivity index (χ3v) is 1.29. The van der Waals surface area contributed by atoms with E-state index in [0.29, 0.717) is 0 Å². The first-order chi connectivity index (χ1) is 5.09. The Bertz CT molecular complexity index is 174. The minimum Gasteiger partial charge on any atom is -0.451 e. The molecule has 0 aliphatic rings. The molecule has 0 aromatic heterocycles. The molecule has 0 aromatic carbocycles. The van der Waals surface area contributed by atoms with Crippen molar-refractivity contribution in [2.24, 2.45) is 11.7 Å². The molecule has 0 aromatic rings. The van der Waals surface area contributed by atoms with Crippen molar-refractivity contribution < 1.29 is 9.53 Å². The molecule has 0 spiro atoms. The Hall–Kier alpha value is -0.720. The van der Waals surface area contributed by atoms with Gasteiger partial charge in [0, 0.05) is 0 Å². The van der Waals surface area contributed by atoms with Gasteiger partial charge in [0.1, 0.15) is 6.04 Å². The maximum Gasteiger partial charge on any atom is 0.324 e. The van der Waals surface area contributed by atoms with E-state index in [1.54, 1.807) is 0 Å². The lowest BCUT2D eigenvalue weighted by atomic mass is 10.1. The molecule has 12 heavy (non-hydrogen) atoms. The topological polar surface area (TPSA) is 52.3 Å². The molecule has 0 rings (SSSR count). The monoisotopic (exact) mass is 191 g/mol. The first-order valence-electron chi connectivity index (χ1n) is 3.45. The lowest BCUT2D eigenvalue weighted by Crippen LogP contribution is -2.37. The van der Waals surface area contributed by atoms with Gasteiger partial charge in [-0.3, -0.25) is 4.79 Å². The number of carbonyl (C=O) groups is 1. The van der Waals surface area contributed by atoms with E-state index in [9.17, 15) is 4.79 Å². The summed E-state index contributed by atoms with van der Waals surface area (Å²) in [5, 5.41) is 0. The van der Waals surface area contributed by atoms with Crippen LogP contribution in [0.3, 0.4) is 0 Å². The largest absolute Gasteiger partial charge is 0.451 e. The van der Waals surface area contributed by atoms with Crippen molar-refractivity contribution in [2.75, 3.05) is 6.61 Å². The van der Waals surface area contributed by atoms with Crippen LogP contribution in [0.25, 0.3) is 0 Å². The van der Waals surface area contributed by atoms with Crippen molar-refractivity contribution >= 4 is 18.4 Å². The van der Waals surface area contributed by atoms with Gasteiger partial charge in [-0.05, 0) is 5.92 Å². The van der Waals surface area contributed by atoms with Crippen molar-refractivity contribution in [1.29, 1.82) is 0 Å². The van der Waals surface area contributed by atoms with Crippen LogP contribution in [0.15, 0.2) is 0 Å². The zero-order valence-corrected chi connectivity index (χ0v) is 8.06. The van der Waals surface area contributed by atoms with E-state index in [2.05, 4.69) is 10.7 Å². The average Bonchev–Trinajstić information content (AvgIpc) is 1.98. The molecular formula is C8H14ClNO2. The average molecular weight is 192 g/mol. The molecule has 0 aliphatic carbocycles. The Kier molecular flexibility index (Phi) is 8.03. The highest BCUT2D eigenvalue weighted by Gasteiger charge is 2.17. The molecule has 0 saturated carbocycles. The smallest absolute Gasteiger partial charge is 0.324 e. The zero-order valence-electron chi connectivity index (χ0n) is 7.24. The molecule has 3 nitrogen and oxygen atoms in total. The van der Waals surface area contributed by atoms with E-state index in [1.165, 1.54) is 0 Å². The molecule has 0 heterocycles. The Morgan fingerprint density at radius 1 is 1.67 bits per heavy atom. The van der Waals surface area contributed by atoms with E-state index in [1.807, 2.05) is 13.8 Å². The normalized spacial score (nSPS) is 11.2. The predicted molar refractivity (Wildman–Crippen MR) is 49.9 cm³/mol. The summed E-state index contributed by atoms with van der Waals surface area (Å²) >= 11 is 0. The highest BCUT2D eigenvalue weighted by atomic mass is 35.5. The fourth-order valence-corrected chi connectivity index (χ4v) is 0.481. The fraction of sp³-hybridized carbons (Fsp3) is 0.625. The number of nitrogens with two attached hydrogens (primary N) is 1. The molecule has 70 valence electrons. The Balaban J connectivity index is 0. The molecule has 4 heteroatoms. The minimum atomic E-state index is -0.566. The summed E-state index contributed by atoms with van der Waals surface area (Å²) in [6.07, 6.45) is 4.89. The number of hydrogen-bond acceptors (Lipinski definition) is 3. The Morgan fingerprint density at radius 2 is 2.17 bits per heavy atom. The van der Waals surface area contributed by atoms with E-state index >= 15 is 0 Å². The molecular weight excluding hydrogens is 178 g/mol. The van der Waals surface area contributed by atoms with Gasteiger partial charge in [0.15, 0.2) is 6.61 Å². The number of rotatable bonds is 3. The summed E-state index contributed by atoms with van der Waals surface area (Å²) in [7, 11) is 0. The molecule has 2 N–H and O–H groups in total. The fourth-order valence-electron chi connectivity index (χ4n) is 0.481. The Labute approximate surface area is 79.1 Å². The molecule has 0 unspecified atom stereocenters. The van der Waals surface area contributed by atoms with E-state index in [4.69, 9.17) is 12.2 Å². The van der Waals surface area contributed by atoms with Gasteiger partial charge in [0.2, 0.25) is 0 Å². The van der Waals surface area contributed by atoms with Crippen LogP contribution in [0.1, 0.15) is 13.8 Å². The molecule has 0 radical (unpaired) electrons. The van der Waals surface area contributed by atoms with Gasteiger partial charge in [0.25, 0.3) is 0 Å². The third-order valence-electron chi connectivity index (χ3n) is 1.29. The van der Waals surface area contributed by atoms with Crippen molar-refractivity contribution in [2.45, 2.75) is 19.9 Å². The van der Waals surface area contributed by atoms with E-state index in [0.717, 1.165) is 0 Å². The first kappa shape index (κ1) is 13.8. The van der Waals surface area contributed by atoms with Crippen LogP contribution in [0.5, 0.6) is 0 Å². The maximum absolute atomic E-state index is 10.9. The van der Waals surface area contributed by atoms with Crippen LogP contribution in [0, 0.1) is 18.3 Å². The van der Waals surface area contributed by atoms with Gasteiger partial charge in [-0.2, -0.15) is 0 Å². The number of halogens is 1. The second-order valence-electron chi connectivity index (χ2n) is 2.58. The lowest BCUT2D eigenvalue weighted by Gasteiger charge is -2.12. The molecule has 0 fully saturated rings. The van der Waals surface area contributed by atoms with E-state index < -0.39 is 12.0 Å². The summed E-state index contributed by atoms with van der Waals surface area (Å²) < 4.78 is 4.61. The van der Waals surface area contributed by atoms with Crippen LogP contribution in [-0.2, 0) is 9.53 Å². The van der Waals surface area contributed by atoms with Crippen molar-refractivity contribution in [3.8, 4) is 12.3 Å². The number of carbonyl (C=O) groups excluding carboxylic acids is 1. The van der Waals surface area contributed by atoms with Crippen LogP contribution in [-0.4, -0.2) is 18.6 Å². The molecule has 0 bridgehead atoms. The number of hydrogen-bond donors (Lipinski definition) is 1. The molecule has 0 amide bonds. The minimum absolute atomic E-state index is 0. The van der Waals surface area contributed by atoms with Crippen molar-refractivity contribution in [3.05, 3.63) is 0 Å². The molecule has 0 saturated heterocycles. The summed E-state index contributed by atoms with van der Waals surface area (Å²) in [6, 6.07) is -0.566. The summed E-state index contributed by atoms with van der Waals surface area (Å²) in [6.45, 7) is 3.70. The van der Waals surface area contributed by atoms with E-state index in [-0.39, 0.29) is 24.9 Å². The van der Waals surface area contributed by atoms with Crippen LogP contribution in [0.4, 0.5) is 0 Å². The van der Waals surface area contributed by atoms with Crippen LogP contribution >= 0.6 is 12.4 Å². The quantitative estimate of drug-likeness (QED) is 0.524. The van der Waals surface area contributed by atoms with Gasteiger partial charge in [-0.1, -0.05) is 19.8 Å². The second-order valence-corrected chi connectivity index (χ2v) is 2.58. The summed E-state index contributed by atoms with van der Waals surface area (Å²) in [5.74, 6) is 1.84. The standard InChI is InChI=1S/C8H13NO2.ClH/c1-4-5-11-8(10)7(9)6(2)3;/h1,6-7H,5,9H2,2-3H3;1H/t7-;/m0./s1. The van der Waals surface area contributed by atoms with Gasteiger partial charge in [-0.15, -0.1) is 18.8 Å². The SMILES string of the molecule is C#CCOC(=O)[C@@H](N)C(C)C.Cl. The van der Waals surface area contributed by atoms with Gasteiger partial charge in [-0.25, -0.2) is 0 Å². The molecule has 0 aliphatic heterocycles. The predicted octanol–water partition coefficient (Wildman–Crippen LogP) is 0.568. The number of ether oxygens (including phenoxy) is 1.